The van der Waals surface area contributed by atoms with E-state index in [0.717, 1.165) is 38.5 Å². The quantitative estimate of drug-likeness (QED) is 0.500. The SMILES string of the molecule is C[C@@H]1C[C@H]2O[C@@]3(O[C@H]2C(C)(C)O)[C@H](O)[C@@]2(C)[C@@H]4CC[C@H]5C(C)(C)[C@@H](O)CC[C@@]56C[C@@]46CC[C@]2(C)[C@@H]13. The van der Waals surface area contributed by atoms with E-state index in [1.54, 1.807) is 0 Å². The zero-order valence-corrected chi connectivity index (χ0v) is 22.9. The maximum atomic E-state index is 12.5. The lowest BCUT2D eigenvalue weighted by Gasteiger charge is -2.63. The Bertz CT molecular complexity index is 957. The summed E-state index contributed by atoms with van der Waals surface area (Å²) in [6, 6.07) is 0. The van der Waals surface area contributed by atoms with Gasteiger partial charge < -0.3 is 24.8 Å². The number of fused-ring (bicyclic) bond motifs is 4. The van der Waals surface area contributed by atoms with E-state index in [4.69, 9.17) is 9.47 Å². The monoisotopic (exact) mass is 488 g/mol. The second-order valence-electron chi connectivity index (χ2n) is 15.9. The first kappa shape index (κ1) is 23.9. The lowest BCUT2D eigenvalue weighted by Crippen LogP contribution is -2.60. The average Bonchev–Trinajstić information content (AvgIpc) is 3.28. The first-order valence-electron chi connectivity index (χ1n) is 14.6. The molecule has 0 unspecified atom stereocenters. The summed E-state index contributed by atoms with van der Waals surface area (Å²) in [5.41, 5.74) is -0.788. The van der Waals surface area contributed by atoms with Crippen LogP contribution >= 0.6 is 0 Å². The van der Waals surface area contributed by atoms with Gasteiger partial charge in [0.05, 0.1) is 17.8 Å². The van der Waals surface area contributed by atoms with Crippen molar-refractivity contribution in [2.75, 3.05) is 0 Å². The molecular formula is C30H48O5. The van der Waals surface area contributed by atoms with Gasteiger partial charge in [-0.2, -0.15) is 0 Å². The minimum absolute atomic E-state index is 0.0331. The molecular weight excluding hydrogens is 440 g/mol. The van der Waals surface area contributed by atoms with Crippen LogP contribution in [0.25, 0.3) is 0 Å². The van der Waals surface area contributed by atoms with Crippen LogP contribution < -0.4 is 0 Å². The maximum Gasteiger partial charge on any atom is 0.199 e. The molecule has 3 N–H and O–H groups in total. The Hall–Kier alpha value is -0.200. The Balaban J connectivity index is 1.33. The minimum Gasteiger partial charge on any atom is -0.393 e. The molecule has 13 atom stereocenters. The summed E-state index contributed by atoms with van der Waals surface area (Å²) in [6.45, 7) is 15.4. The van der Waals surface area contributed by atoms with Crippen molar-refractivity contribution in [3.05, 3.63) is 0 Å². The van der Waals surface area contributed by atoms with Crippen molar-refractivity contribution in [3.63, 3.8) is 0 Å². The summed E-state index contributed by atoms with van der Waals surface area (Å²) < 4.78 is 13.6. The summed E-state index contributed by atoms with van der Waals surface area (Å²) in [6.07, 6.45) is 7.36. The van der Waals surface area contributed by atoms with Gasteiger partial charge in [-0.25, -0.2) is 0 Å². The molecule has 5 aliphatic carbocycles. The highest BCUT2D eigenvalue weighted by Crippen LogP contribution is 2.90. The van der Waals surface area contributed by atoms with Crippen LogP contribution in [0.2, 0.25) is 0 Å². The molecule has 7 aliphatic rings. The highest BCUT2D eigenvalue weighted by atomic mass is 16.8. The molecule has 2 saturated heterocycles. The third-order valence-corrected chi connectivity index (χ3v) is 14.2. The van der Waals surface area contributed by atoms with Crippen molar-refractivity contribution in [1.82, 2.24) is 0 Å². The molecule has 5 heteroatoms. The van der Waals surface area contributed by atoms with Crippen LogP contribution in [0.4, 0.5) is 0 Å². The fraction of sp³-hybridized carbons (Fsp3) is 1.00. The molecule has 5 nitrogen and oxygen atoms in total. The molecule has 0 aromatic rings. The van der Waals surface area contributed by atoms with Gasteiger partial charge >= 0.3 is 0 Å². The van der Waals surface area contributed by atoms with Crippen LogP contribution in [-0.4, -0.2) is 51.1 Å². The molecule has 7 rings (SSSR count). The van der Waals surface area contributed by atoms with E-state index in [9.17, 15) is 15.3 Å². The number of ether oxygens (including phenoxy) is 2. The Morgan fingerprint density at radius 2 is 1.51 bits per heavy atom. The third kappa shape index (κ3) is 2.30. The molecule has 0 amide bonds. The molecule has 0 aromatic carbocycles. The van der Waals surface area contributed by atoms with E-state index < -0.39 is 23.6 Å². The first-order valence-corrected chi connectivity index (χ1v) is 14.6. The van der Waals surface area contributed by atoms with Crippen molar-refractivity contribution in [2.24, 2.45) is 50.7 Å². The Labute approximate surface area is 211 Å². The van der Waals surface area contributed by atoms with E-state index >= 15 is 0 Å². The smallest absolute Gasteiger partial charge is 0.199 e. The molecule has 198 valence electrons. The van der Waals surface area contributed by atoms with Gasteiger partial charge in [-0.15, -0.1) is 0 Å². The van der Waals surface area contributed by atoms with Crippen LogP contribution in [0, 0.1) is 50.7 Å². The van der Waals surface area contributed by atoms with Crippen LogP contribution in [-0.2, 0) is 9.47 Å². The predicted molar refractivity (Wildman–Crippen MR) is 132 cm³/mol. The van der Waals surface area contributed by atoms with Gasteiger partial charge in [0.2, 0.25) is 0 Å². The predicted octanol–water partition coefficient (Wildman–Crippen LogP) is 4.66. The lowest BCUT2D eigenvalue weighted by atomic mass is 9.41. The van der Waals surface area contributed by atoms with Gasteiger partial charge in [0, 0.05) is 11.3 Å². The topological polar surface area (TPSA) is 79.2 Å². The number of hydrogen-bond donors (Lipinski definition) is 3. The zero-order valence-electron chi connectivity index (χ0n) is 22.9. The fourth-order valence-electron chi connectivity index (χ4n) is 12.7. The number of aliphatic hydroxyl groups is 3. The Morgan fingerprint density at radius 3 is 2.20 bits per heavy atom. The van der Waals surface area contributed by atoms with Gasteiger partial charge in [-0.1, -0.05) is 34.6 Å². The van der Waals surface area contributed by atoms with Crippen molar-refractivity contribution >= 4 is 0 Å². The summed E-state index contributed by atoms with van der Waals surface area (Å²) >= 11 is 0. The normalized spacial score (nSPS) is 63.9. The van der Waals surface area contributed by atoms with Crippen LogP contribution in [0.5, 0.6) is 0 Å². The highest BCUT2D eigenvalue weighted by Gasteiger charge is 2.88. The zero-order chi connectivity index (χ0) is 25.2. The second kappa shape index (κ2) is 6.33. The molecule has 2 bridgehead atoms. The van der Waals surface area contributed by atoms with Crippen LogP contribution in [0.3, 0.4) is 0 Å². The van der Waals surface area contributed by atoms with Gasteiger partial charge in [0.25, 0.3) is 0 Å². The van der Waals surface area contributed by atoms with E-state index in [1.165, 1.54) is 12.8 Å². The summed E-state index contributed by atoms with van der Waals surface area (Å²) in [4.78, 5) is 0. The molecule has 3 spiro atoms. The highest BCUT2D eigenvalue weighted by molar-refractivity contribution is 5.34. The Morgan fingerprint density at radius 1 is 0.857 bits per heavy atom. The Kier molecular flexibility index (Phi) is 4.32. The van der Waals surface area contributed by atoms with E-state index in [-0.39, 0.29) is 39.8 Å². The first-order chi connectivity index (χ1) is 16.1. The minimum atomic E-state index is -1.01. The summed E-state index contributed by atoms with van der Waals surface area (Å²) in [5, 5.41) is 34.4. The maximum absolute atomic E-state index is 12.5. The molecule has 0 aromatic heterocycles. The van der Waals surface area contributed by atoms with Crippen molar-refractivity contribution in [1.29, 1.82) is 0 Å². The number of aliphatic hydroxyl groups excluding tert-OH is 2. The van der Waals surface area contributed by atoms with Gasteiger partial charge in [-0.3, -0.25) is 0 Å². The van der Waals surface area contributed by atoms with Crippen molar-refractivity contribution in [2.45, 2.75) is 136 Å². The molecule has 2 heterocycles. The molecule has 5 saturated carbocycles. The largest absolute Gasteiger partial charge is 0.393 e. The number of hydrogen-bond acceptors (Lipinski definition) is 5. The van der Waals surface area contributed by atoms with Gasteiger partial charge in [-0.05, 0) is 105 Å². The standard InChI is InChI=1S/C30H48O5/c1-16-14-17-22(25(4,5)33)35-30(34-17)21(16)26(6)12-13-29-15-28(29)11-10-20(31)24(2,3)18(28)8-9-19(29)27(26,7)23(30)32/h16-23,31-33H,8-15H2,1-7H3/t16-,17-,18+,19+,20+,21-,22-,23-,26-,27-,28-,29+,30+/m1/s1. The molecule has 2 aliphatic heterocycles. The average molecular weight is 489 g/mol. The van der Waals surface area contributed by atoms with E-state index in [0.29, 0.717) is 23.2 Å². The summed E-state index contributed by atoms with van der Waals surface area (Å²) in [7, 11) is 0. The second-order valence-corrected chi connectivity index (χ2v) is 15.9. The summed E-state index contributed by atoms with van der Waals surface area (Å²) in [5.74, 6) is 0.523. The molecule has 0 radical (unpaired) electrons. The lowest BCUT2D eigenvalue weighted by molar-refractivity contribution is -0.282. The van der Waals surface area contributed by atoms with Crippen LogP contribution in [0.15, 0.2) is 0 Å². The van der Waals surface area contributed by atoms with Gasteiger partial charge in [0.1, 0.15) is 12.2 Å². The molecule has 35 heavy (non-hydrogen) atoms. The van der Waals surface area contributed by atoms with E-state index in [2.05, 4.69) is 34.6 Å². The molecule has 7 fully saturated rings. The van der Waals surface area contributed by atoms with Crippen molar-refractivity contribution in [3.8, 4) is 0 Å². The van der Waals surface area contributed by atoms with Crippen LogP contribution in [0.1, 0.15) is 99.8 Å². The van der Waals surface area contributed by atoms with Crippen molar-refractivity contribution < 1.29 is 24.8 Å². The number of rotatable bonds is 1. The fourth-order valence-corrected chi connectivity index (χ4v) is 12.7. The van der Waals surface area contributed by atoms with E-state index in [1.807, 2.05) is 13.8 Å². The third-order valence-electron chi connectivity index (χ3n) is 14.2. The van der Waals surface area contributed by atoms with Gasteiger partial charge in [0.15, 0.2) is 5.79 Å².